The third-order valence-electron chi connectivity index (χ3n) is 3.82. The fourth-order valence-electron chi connectivity index (χ4n) is 2.62. The van der Waals surface area contributed by atoms with Gasteiger partial charge >= 0.3 is 6.03 Å². The Bertz CT molecular complexity index is 760. The summed E-state index contributed by atoms with van der Waals surface area (Å²) in [6.45, 7) is 2.87. The number of ether oxygens (including phenoxy) is 1. The molecular weight excluding hydrogens is 354 g/mol. The fourth-order valence-corrected chi connectivity index (χ4v) is 4.02. The van der Waals surface area contributed by atoms with Crippen LogP contribution in [0, 0.1) is 0 Å². The number of nitrogens with one attached hydrogen (secondary N) is 2. The van der Waals surface area contributed by atoms with E-state index in [2.05, 4.69) is 15.5 Å². The lowest BCUT2D eigenvalue weighted by Gasteiger charge is -2.29. The maximum Gasteiger partial charge on any atom is 0.319 e. The highest BCUT2D eigenvalue weighted by atomic mass is 35.5. The van der Waals surface area contributed by atoms with Crippen molar-refractivity contribution in [3.05, 3.63) is 34.7 Å². The van der Waals surface area contributed by atoms with Crippen LogP contribution < -0.4 is 15.5 Å². The van der Waals surface area contributed by atoms with Gasteiger partial charge in [-0.1, -0.05) is 11.6 Å². The summed E-state index contributed by atoms with van der Waals surface area (Å²) >= 11 is 6.15. The van der Waals surface area contributed by atoms with E-state index in [0.717, 1.165) is 24.2 Å². The van der Waals surface area contributed by atoms with Crippen molar-refractivity contribution < 1.29 is 17.9 Å². The molecule has 2 aliphatic heterocycles. The van der Waals surface area contributed by atoms with Crippen molar-refractivity contribution >= 4 is 38.8 Å². The van der Waals surface area contributed by atoms with Crippen LogP contribution in [-0.2, 0) is 14.6 Å². The van der Waals surface area contributed by atoms with Gasteiger partial charge in [0.15, 0.2) is 9.84 Å². The Morgan fingerprint density at radius 3 is 2.71 bits per heavy atom. The van der Waals surface area contributed by atoms with Crippen LogP contribution in [0.25, 0.3) is 0 Å². The molecular formula is C15H18ClN3O4S. The van der Waals surface area contributed by atoms with Gasteiger partial charge in [0.05, 0.1) is 35.7 Å². The van der Waals surface area contributed by atoms with Crippen LogP contribution in [0.2, 0.25) is 5.02 Å². The maximum atomic E-state index is 12.1. The molecule has 0 saturated carbocycles. The molecule has 2 heterocycles. The normalized spacial score (nSPS) is 22.4. The highest BCUT2D eigenvalue weighted by molar-refractivity contribution is 7.94. The van der Waals surface area contributed by atoms with Crippen molar-refractivity contribution in [1.82, 2.24) is 5.32 Å². The topological polar surface area (TPSA) is 87.7 Å². The predicted octanol–water partition coefficient (Wildman–Crippen LogP) is 1.61. The molecule has 130 valence electrons. The number of carbonyl (C=O) groups excluding carboxylic acids is 1. The molecule has 0 bridgehead atoms. The molecule has 1 unspecified atom stereocenters. The quantitative estimate of drug-likeness (QED) is 0.842. The van der Waals surface area contributed by atoms with E-state index in [-0.39, 0.29) is 5.75 Å². The minimum Gasteiger partial charge on any atom is -0.378 e. The number of halogens is 1. The van der Waals surface area contributed by atoms with Crippen molar-refractivity contribution in [2.75, 3.05) is 42.3 Å². The van der Waals surface area contributed by atoms with Crippen molar-refractivity contribution in [2.24, 2.45) is 0 Å². The van der Waals surface area contributed by atoms with Gasteiger partial charge in [-0.2, -0.15) is 0 Å². The molecule has 1 aromatic carbocycles. The maximum absolute atomic E-state index is 12.1. The van der Waals surface area contributed by atoms with Gasteiger partial charge < -0.3 is 20.3 Å². The lowest BCUT2D eigenvalue weighted by Crippen LogP contribution is -2.38. The summed E-state index contributed by atoms with van der Waals surface area (Å²) in [5.41, 5.74) is 1.42. The second-order valence-corrected chi connectivity index (χ2v) is 7.97. The van der Waals surface area contributed by atoms with Crippen LogP contribution in [0.5, 0.6) is 0 Å². The lowest BCUT2D eigenvalue weighted by atomic mass is 10.2. The summed E-state index contributed by atoms with van der Waals surface area (Å²) in [5.74, 6) is -0.123. The first-order chi connectivity index (χ1) is 11.4. The average molecular weight is 372 g/mol. The number of nitrogens with zero attached hydrogens (tertiary/aromatic N) is 1. The van der Waals surface area contributed by atoms with Crippen LogP contribution >= 0.6 is 11.6 Å². The molecule has 2 aliphatic rings. The first-order valence-electron chi connectivity index (χ1n) is 7.54. The molecule has 9 heteroatoms. The summed E-state index contributed by atoms with van der Waals surface area (Å²) in [6.07, 6.45) is 1.46. The van der Waals surface area contributed by atoms with Crippen molar-refractivity contribution in [2.45, 2.75) is 6.04 Å². The molecule has 1 aromatic rings. The molecule has 0 radical (unpaired) electrons. The number of morpholine rings is 1. The summed E-state index contributed by atoms with van der Waals surface area (Å²) < 4.78 is 28.0. The smallest absolute Gasteiger partial charge is 0.319 e. The van der Waals surface area contributed by atoms with Crippen molar-refractivity contribution in [3.8, 4) is 0 Å². The van der Waals surface area contributed by atoms with E-state index >= 15 is 0 Å². The Morgan fingerprint density at radius 1 is 1.29 bits per heavy atom. The fraction of sp³-hybridized carbons (Fsp3) is 0.400. The van der Waals surface area contributed by atoms with Crippen LogP contribution in [0.1, 0.15) is 0 Å². The van der Waals surface area contributed by atoms with E-state index in [4.69, 9.17) is 16.3 Å². The molecule has 3 rings (SSSR count). The van der Waals surface area contributed by atoms with E-state index in [9.17, 15) is 13.2 Å². The second-order valence-electron chi connectivity index (χ2n) is 5.63. The SMILES string of the molecule is O=C(Nc1cc(N2CCOCC2)ccc1Cl)NC1C=CS(=O)(=O)C1. The van der Waals surface area contributed by atoms with E-state index in [1.807, 2.05) is 6.07 Å². The van der Waals surface area contributed by atoms with Crippen LogP contribution in [0.3, 0.4) is 0 Å². The van der Waals surface area contributed by atoms with E-state index in [1.54, 1.807) is 12.1 Å². The first-order valence-corrected chi connectivity index (χ1v) is 9.63. The van der Waals surface area contributed by atoms with Gasteiger partial charge in [-0.25, -0.2) is 13.2 Å². The number of urea groups is 1. The second kappa shape index (κ2) is 7.00. The van der Waals surface area contributed by atoms with Crippen LogP contribution in [0.15, 0.2) is 29.7 Å². The molecule has 2 amide bonds. The van der Waals surface area contributed by atoms with Gasteiger partial charge in [-0.05, 0) is 24.3 Å². The van der Waals surface area contributed by atoms with E-state index in [1.165, 1.54) is 6.08 Å². The third-order valence-corrected chi connectivity index (χ3v) is 5.55. The number of anilines is 2. The van der Waals surface area contributed by atoms with E-state index < -0.39 is 21.9 Å². The molecule has 1 atom stereocenters. The molecule has 0 aromatic heterocycles. The highest BCUT2D eigenvalue weighted by Gasteiger charge is 2.23. The van der Waals surface area contributed by atoms with Crippen LogP contribution in [0.4, 0.5) is 16.2 Å². The predicted molar refractivity (Wildman–Crippen MR) is 93.4 cm³/mol. The molecule has 2 N–H and O–H groups in total. The number of hydrogen-bond donors (Lipinski definition) is 2. The molecule has 24 heavy (non-hydrogen) atoms. The summed E-state index contributed by atoms with van der Waals surface area (Å²) in [5, 5.41) is 6.80. The molecule has 0 aliphatic carbocycles. The zero-order chi connectivity index (χ0) is 17.2. The zero-order valence-corrected chi connectivity index (χ0v) is 14.4. The van der Waals surface area contributed by atoms with Gasteiger partial charge in [0.2, 0.25) is 0 Å². The first kappa shape index (κ1) is 17.1. The number of hydrogen-bond acceptors (Lipinski definition) is 5. The van der Waals surface area contributed by atoms with Gasteiger partial charge in [0.1, 0.15) is 0 Å². The zero-order valence-electron chi connectivity index (χ0n) is 12.9. The standard InChI is InChI=1S/C15H18ClN3O4S/c16-13-2-1-12(19-4-6-23-7-5-19)9-14(13)18-15(20)17-11-3-8-24(21,22)10-11/h1-3,8-9,11H,4-7,10H2,(H2,17,18,20). The van der Waals surface area contributed by atoms with Gasteiger partial charge in [0.25, 0.3) is 0 Å². The minimum atomic E-state index is -3.21. The Balaban J connectivity index is 1.65. The largest absolute Gasteiger partial charge is 0.378 e. The number of sulfone groups is 1. The molecule has 1 saturated heterocycles. The van der Waals surface area contributed by atoms with Gasteiger partial charge in [0, 0.05) is 24.2 Å². The third kappa shape index (κ3) is 4.19. The summed E-state index contributed by atoms with van der Waals surface area (Å²) in [4.78, 5) is 14.2. The average Bonchev–Trinajstić information content (AvgIpc) is 2.89. The van der Waals surface area contributed by atoms with Gasteiger partial charge in [-0.3, -0.25) is 0 Å². The summed E-state index contributed by atoms with van der Waals surface area (Å²) in [6, 6.07) is 4.39. The molecule has 1 fully saturated rings. The Labute approximate surface area is 145 Å². The van der Waals surface area contributed by atoms with Crippen molar-refractivity contribution in [3.63, 3.8) is 0 Å². The van der Waals surface area contributed by atoms with E-state index in [0.29, 0.717) is 23.9 Å². The Morgan fingerprint density at radius 2 is 2.04 bits per heavy atom. The number of amides is 2. The van der Waals surface area contributed by atoms with Crippen molar-refractivity contribution in [1.29, 1.82) is 0 Å². The number of carbonyl (C=O) groups is 1. The molecule has 0 spiro atoms. The minimum absolute atomic E-state index is 0.123. The van der Waals surface area contributed by atoms with Gasteiger partial charge in [-0.15, -0.1) is 0 Å². The Hall–Kier alpha value is -1.77. The number of rotatable bonds is 3. The lowest BCUT2D eigenvalue weighted by molar-refractivity contribution is 0.122. The Kier molecular flexibility index (Phi) is 4.98. The molecule has 7 nitrogen and oxygen atoms in total. The summed E-state index contributed by atoms with van der Waals surface area (Å²) in [7, 11) is -3.21. The van der Waals surface area contributed by atoms with Crippen LogP contribution in [-0.4, -0.2) is 52.5 Å². The number of benzene rings is 1. The monoisotopic (exact) mass is 371 g/mol. The highest BCUT2D eigenvalue weighted by Crippen LogP contribution is 2.28.